The standard InChI is InChI=1S/C10H12N4S/c1-7-5-9(14-10(11-2)12-7)13-8-3-4-15-6-8/h3-6H,1-2H3,(H2,11,12,13,14). The van der Waals surface area contributed by atoms with Gasteiger partial charge in [0.2, 0.25) is 5.95 Å². The van der Waals surface area contributed by atoms with Crippen molar-refractivity contribution >= 4 is 28.8 Å². The molecular formula is C10H12N4S. The van der Waals surface area contributed by atoms with Gasteiger partial charge in [-0.15, -0.1) is 0 Å². The summed E-state index contributed by atoms with van der Waals surface area (Å²) in [5, 5.41) is 10.2. The molecule has 0 fully saturated rings. The lowest BCUT2D eigenvalue weighted by molar-refractivity contribution is 1.10. The first-order valence-electron chi connectivity index (χ1n) is 4.60. The fourth-order valence-corrected chi connectivity index (χ4v) is 1.82. The molecular weight excluding hydrogens is 208 g/mol. The van der Waals surface area contributed by atoms with Crippen LogP contribution in [-0.4, -0.2) is 17.0 Å². The van der Waals surface area contributed by atoms with Gasteiger partial charge in [0.05, 0.1) is 5.69 Å². The smallest absolute Gasteiger partial charge is 0.224 e. The molecule has 0 aliphatic heterocycles. The highest BCUT2D eigenvalue weighted by Gasteiger charge is 2.00. The Morgan fingerprint density at radius 3 is 2.87 bits per heavy atom. The third kappa shape index (κ3) is 2.44. The first kappa shape index (κ1) is 9.92. The number of nitrogens with one attached hydrogen (secondary N) is 2. The molecule has 5 heteroatoms. The molecule has 2 heterocycles. The van der Waals surface area contributed by atoms with E-state index in [0.29, 0.717) is 5.95 Å². The van der Waals surface area contributed by atoms with Crippen LogP contribution in [0.15, 0.2) is 22.9 Å². The maximum Gasteiger partial charge on any atom is 0.224 e. The molecule has 0 radical (unpaired) electrons. The monoisotopic (exact) mass is 220 g/mol. The second-order valence-electron chi connectivity index (χ2n) is 3.11. The highest BCUT2D eigenvalue weighted by molar-refractivity contribution is 7.08. The van der Waals surface area contributed by atoms with Crippen molar-refractivity contribution in [3.8, 4) is 0 Å². The summed E-state index contributed by atoms with van der Waals surface area (Å²) >= 11 is 1.65. The lowest BCUT2D eigenvalue weighted by atomic mass is 10.4. The quantitative estimate of drug-likeness (QED) is 0.835. The van der Waals surface area contributed by atoms with Gasteiger partial charge in [-0.25, -0.2) is 4.98 Å². The van der Waals surface area contributed by atoms with E-state index >= 15 is 0 Å². The van der Waals surface area contributed by atoms with Crippen LogP contribution < -0.4 is 10.6 Å². The number of thiophene rings is 1. The van der Waals surface area contributed by atoms with Gasteiger partial charge in [-0.05, 0) is 18.4 Å². The predicted molar refractivity (Wildman–Crippen MR) is 63.9 cm³/mol. The molecule has 0 aromatic carbocycles. The van der Waals surface area contributed by atoms with Crippen molar-refractivity contribution in [2.24, 2.45) is 0 Å². The Hall–Kier alpha value is -1.62. The number of nitrogens with zero attached hydrogens (tertiary/aromatic N) is 2. The molecule has 0 saturated carbocycles. The van der Waals surface area contributed by atoms with E-state index in [9.17, 15) is 0 Å². The normalized spacial score (nSPS) is 10.0. The highest BCUT2D eigenvalue weighted by Crippen LogP contribution is 2.18. The molecule has 0 aliphatic carbocycles. The lowest BCUT2D eigenvalue weighted by Crippen LogP contribution is -2.01. The van der Waals surface area contributed by atoms with Gasteiger partial charge in [-0.1, -0.05) is 0 Å². The van der Waals surface area contributed by atoms with Gasteiger partial charge in [-0.2, -0.15) is 16.3 Å². The zero-order chi connectivity index (χ0) is 10.7. The maximum atomic E-state index is 4.30. The molecule has 0 spiro atoms. The van der Waals surface area contributed by atoms with E-state index < -0.39 is 0 Å². The zero-order valence-corrected chi connectivity index (χ0v) is 9.43. The molecule has 0 bridgehead atoms. The Morgan fingerprint density at radius 1 is 1.33 bits per heavy atom. The van der Waals surface area contributed by atoms with Gasteiger partial charge in [0.1, 0.15) is 5.82 Å². The van der Waals surface area contributed by atoms with Gasteiger partial charge in [0.15, 0.2) is 0 Å². The van der Waals surface area contributed by atoms with E-state index in [1.165, 1.54) is 0 Å². The average molecular weight is 220 g/mol. The van der Waals surface area contributed by atoms with Crippen LogP contribution in [0.5, 0.6) is 0 Å². The predicted octanol–water partition coefficient (Wildman–Crippen LogP) is 2.63. The van der Waals surface area contributed by atoms with E-state index in [2.05, 4.69) is 20.6 Å². The van der Waals surface area contributed by atoms with Gasteiger partial charge < -0.3 is 10.6 Å². The Kier molecular flexibility index (Phi) is 2.82. The Morgan fingerprint density at radius 2 is 2.20 bits per heavy atom. The van der Waals surface area contributed by atoms with Crippen LogP contribution in [0.3, 0.4) is 0 Å². The summed E-state index contributed by atoms with van der Waals surface area (Å²) in [6, 6.07) is 3.93. The van der Waals surface area contributed by atoms with Crippen LogP contribution in [-0.2, 0) is 0 Å². The molecule has 2 aromatic heterocycles. The fourth-order valence-electron chi connectivity index (χ4n) is 1.23. The molecule has 2 rings (SSSR count). The fraction of sp³-hybridized carbons (Fsp3) is 0.200. The molecule has 0 saturated heterocycles. The van der Waals surface area contributed by atoms with Crippen LogP contribution in [0.2, 0.25) is 0 Å². The summed E-state index contributed by atoms with van der Waals surface area (Å²) in [6.07, 6.45) is 0. The van der Waals surface area contributed by atoms with E-state index in [4.69, 9.17) is 0 Å². The number of aromatic nitrogens is 2. The van der Waals surface area contributed by atoms with E-state index in [-0.39, 0.29) is 0 Å². The molecule has 78 valence electrons. The van der Waals surface area contributed by atoms with E-state index in [1.807, 2.05) is 36.9 Å². The highest BCUT2D eigenvalue weighted by atomic mass is 32.1. The Labute approximate surface area is 92.4 Å². The second kappa shape index (κ2) is 4.27. The van der Waals surface area contributed by atoms with Gasteiger partial charge in [0.25, 0.3) is 0 Å². The summed E-state index contributed by atoms with van der Waals surface area (Å²) in [6.45, 7) is 1.95. The number of aryl methyl sites for hydroxylation is 1. The van der Waals surface area contributed by atoms with Gasteiger partial charge in [0, 0.05) is 24.2 Å². The average Bonchev–Trinajstić information content (AvgIpc) is 2.69. The van der Waals surface area contributed by atoms with Crippen molar-refractivity contribution in [3.05, 3.63) is 28.6 Å². The molecule has 0 unspecified atom stereocenters. The van der Waals surface area contributed by atoms with Gasteiger partial charge >= 0.3 is 0 Å². The topological polar surface area (TPSA) is 49.8 Å². The largest absolute Gasteiger partial charge is 0.357 e. The van der Waals surface area contributed by atoms with Crippen molar-refractivity contribution in [3.63, 3.8) is 0 Å². The van der Waals surface area contributed by atoms with Crippen molar-refractivity contribution in [1.82, 2.24) is 9.97 Å². The van der Waals surface area contributed by atoms with Crippen LogP contribution in [0.25, 0.3) is 0 Å². The molecule has 0 atom stereocenters. The lowest BCUT2D eigenvalue weighted by Gasteiger charge is -2.06. The summed E-state index contributed by atoms with van der Waals surface area (Å²) in [5.74, 6) is 1.44. The van der Waals surface area contributed by atoms with Crippen LogP contribution in [0.1, 0.15) is 5.69 Å². The molecule has 2 aromatic rings. The van der Waals surface area contributed by atoms with Crippen LogP contribution in [0.4, 0.5) is 17.5 Å². The first-order valence-corrected chi connectivity index (χ1v) is 5.55. The third-order valence-corrected chi connectivity index (χ3v) is 2.55. The Bertz CT molecular complexity index is 439. The second-order valence-corrected chi connectivity index (χ2v) is 3.89. The van der Waals surface area contributed by atoms with E-state index in [0.717, 1.165) is 17.2 Å². The molecule has 4 nitrogen and oxygen atoms in total. The molecule has 15 heavy (non-hydrogen) atoms. The summed E-state index contributed by atoms with van der Waals surface area (Å²) < 4.78 is 0. The summed E-state index contributed by atoms with van der Waals surface area (Å²) in [4.78, 5) is 8.52. The van der Waals surface area contributed by atoms with Crippen molar-refractivity contribution in [2.75, 3.05) is 17.7 Å². The van der Waals surface area contributed by atoms with Crippen LogP contribution in [0, 0.1) is 6.92 Å². The number of rotatable bonds is 3. The van der Waals surface area contributed by atoms with Crippen molar-refractivity contribution in [1.29, 1.82) is 0 Å². The SMILES string of the molecule is CNc1nc(C)cc(Nc2ccsc2)n1. The number of hydrogen-bond donors (Lipinski definition) is 2. The van der Waals surface area contributed by atoms with Crippen molar-refractivity contribution < 1.29 is 0 Å². The van der Waals surface area contributed by atoms with Gasteiger partial charge in [-0.3, -0.25) is 0 Å². The Balaban J connectivity index is 2.24. The van der Waals surface area contributed by atoms with Crippen LogP contribution >= 0.6 is 11.3 Å². The number of hydrogen-bond acceptors (Lipinski definition) is 5. The van der Waals surface area contributed by atoms with Crippen molar-refractivity contribution in [2.45, 2.75) is 6.92 Å². The minimum atomic E-state index is 0.632. The summed E-state index contributed by atoms with van der Waals surface area (Å²) in [7, 11) is 1.81. The number of anilines is 3. The minimum Gasteiger partial charge on any atom is -0.357 e. The zero-order valence-electron chi connectivity index (χ0n) is 8.61. The molecule has 0 aliphatic rings. The van der Waals surface area contributed by atoms with E-state index in [1.54, 1.807) is 11.3 Å². The molecule has 0 amide bonds. The third-order valence-electron chi connectivity index (χ3n) is 1.87. The summed E-state index contributed by atoms with van der Waals surface area (Å²) in [5.41, 5.74) is 1.99. The molecule has 2 N–H and O–H groups in total. The first-order chi connectivity index (χ1) is 7.28. The maximum absolute atomic E-state index is 4.30. The minimum absolute atomic E-state index is 0.632.